The Balaban J connectivity index is 2.58. The molecule has 2 aromatic rings. The first-order valence-electron chi connectivity index (χ1n) is 4.40. The van der Waals surface area contributed by atoms with Gasteiger partial charge in [0.25, 0.3) is 0 Å². The van der Waals surface area contributed by atoms with E-state index >= 15 is 0 Å². The second-order valence-corrected chi connectivity index (χ2v) is 3.73. The quantitative estimate of drug-likeness (QED) is 0.828. The Morgan fingerprint density at radius 1 is 1.25 bits per heavy atom. The van der Waals surface area contributed by atoms with Gasteiger partial charge in [-0.2, -0.15) is 5.10 Å². The molecule has 1 heterocycles. The number of ether oxygens (including phenoxy) is 1. The van der Waals surface area contributed by atoms with E-state index in [9.17, 15) is 0 Å². The topological polar surface area (TPSA) is 47.9 Å². The van der Waals surface area contributed by atoms with E-state index < -0.39 is 0 Å². The lowest BCUT2D eigenvalue weighted by Gasteiger charge is -2.07. The standard InChI is InChI=1S/C10H7Cl2N3O/c1-16-9-3-2-6(11)4-7(9)8-5-13-15-10(12)14-8/h2-5H,1H3. The molecule has 1 aromatic heterocycles. The number of rotatable bonds is 2. The molecular formula is C10H7Cl2N3O. The lowest BCUT2D eigenvalue weighted by atomic mass is 10.1. The summed E-state index contributed by atoms with van der Waals surface area (Å²) in [5, 5.41) is 7.97. The highest BCUT2D eigenvalue weighted by molar-refractivity contribution is 6.31. The lowest BCUT2D eigenvalue weighted by Crippen LogP contribution is -1.93. The summed E-state index contributed by atoms with van der Waals surface area (Å²) in [5.74, 6) is 0.654. The van der Waals surface area contributed by atoms with Gasteiger partial charge in [-0.25, -0.2) is 4.98 Å². The minimum atomic E-state index is 0.0829. The van der Waals surface area contributed by atoms with Crippen LogP contribution in [0.1, 0.15) is 0 Å². The zero-order valence-electron chi connectivity index (χ0n) is 8.32. The Hall–Kier alpha value is -1.39. The first-order chi connectivity index (χ1) is 7.70. The maximum absolute atomic E-state index is 5.91. The molecule has 1 aromatic carbocycles. The van der Waals surface area contributed by atoms with E-state index in [4.69, 9.17) is 27.9 Å². The first kappa shape index (κ1) is 11.1. The Bertz CT molecular complexity index is 519. The van der Waals surface area contributed by atoms with Crippen LogP contribution in [0.5, 0.6) is 5.75 Å². The van der Waals surface area contributed by atoms with Crippen LogP contribution in [0.15, 0.2) is 24.4 Å². The second-order valence-electron chi connectivity index (χ2n) is 2.96. The smallest absolute Gasteiger partial charge is 0.243 e. The maximum atomic E-state index is 5.91. The maximum Gasteiger partial charge on any atom is 0.243 e. The Morgan fingerprint density at radius 2 is 2.06 bits per heavy atom. The van der Waals surface area contributed by atoms with Crippen molar-refractivity contribution in [3.8, 4) is 17.0 Å². The van der Waals surface area contributed by atoms with Gasteiger partial charge in [-0.05, 0) is 29.8 Å². The Labute approximate surface area is 102 Å². The van der Waals surface area contributed by atoms with Gasteiger partial charge in [0.1, 0.15) is 5.75 Å². The fourth-order valence-electron chi connectivity index (χ4n) is 1.29. The van der Waals surface area contributed by atoms with E-state index in [2.05, 4.69) is 15.2 Å². The number of halogens is 2. The molecule has 0 aliphatic carbocycles. The van der Waals surface area contributed by atoms with Crippen LogP contribution in [0, 0.1) is 0 Å². The fraction of sp³-hybridized carbons (Fsp3) is 0.100. The third-order valence-corrected chi connectivity index (χ3v) is 2.37. The van der Waals surface area contributed by atoms with E-state index in [0.29, 0.717) is 16.5 Å². The second kappa shape index (κ2) is 4.63. The number of nitrogens with zero attached hydrogens (tertiary/aromatic N) is 3. The largest absolute Gasteiger partial charge is 0.496 e. The van der Waals surface area contributed by atoms with Crippen LogP contribution in [0.4, 0.5) is 0 Å². The summed E-state index contributed by atoms with van der Waals surface area (Å²) in [7, 11) is 1.57. The molecule has 16 heavy (non-hydrogen) atoms. The van der Waals surface area contributed by atoms with E-state index in [1.165, 1.54) is 6.20 Å². The summed E-state index contributed by atoms with van der Waals surface area (Å²) in [6, 6.07) is 5.23. The predicted molar refractivity (Wildman–Crippen MR) is 61.8 cm³/mol. The van der Waals surface area contributed by atoms with E-state index in [1.54, 1.807) is 25.3 Å². The molecule has 0 fully saturated rings. The molecule has 6 heteroatoms. The molecule has 82 valence electrons. The normalized spacial score (nSPS) is 10.2. The van der Waals surface area contributed by atoms with Gasteiger partial charge in [0.2, 0.25) is 5.28 Å². The highest BCUT2D eigenvalue weighted by Gasteiger charge is 2.09. The average molecular weight is 256 g/mol. The van der Waals surface area contributed by atoms with Crippen LogP contribution in [-0.2, 0) is 0 Å². The van der Waals surface area contributed by atoms with Gasteiger partial charge in [0, 0.05) is 10.6 Å². The van der Waals surface area contributed by atoms with Crippen LogP contribution < -0.4 is 4.74 Å². The summed E-state index contributed by atoms with van der Waals surface area (Å²) in [6.45, 7) is 0. The molecule has 0 atom stereocenters. The summed E-state index contributed by atoms with van der Waals surface area (Å²) in [5.41, 5.74) is 1.30. The Morgan fingerprint density at radius 3 is 2.75 bits per heavy atom. The summed E-state index contributed by atoms with van der Waals surface area (Å²) in [4.78, 5) is 4.05. The third-order valence-electron chi connectivity index (χ3n) is 1.97. The highest BCUT2D eigenvalue weighted by Crippen LogP contribution is 2.30. The molecule has 4 nitrogen and oxygen atoms in total. The van der Waals surface area contributed by atoms with E-state index in [1.807, 2.05) is 0 Å². The van der Waals surface area contributed by atoms with Gasteiger partial charge >= 0.3 is 0 Å². The molecule has 2 rings (SSSR count). The molecule has 0 saturated heterocycles. The van der Waals surface area contributed by atoms with E-state index in [0.717, 1.165) is 5.56 Å². The van der Waals surface area contributed by atoms with Gasteiger partial charge in [-0.1, -0.05) is 11.6 Å². The van der Waals surface area contributed by atoms with Crippen LogP contribution in [0.3, 0.4) is 0 Å². The van der Waals surface area contributed by atoms with Gasteiger partial charge in [-0.15, -0.1) is 5.10 Å². The van der Waals surface area contributed by atoms with Crippen molar-refractivity contribution in [1.82, 2.24) is 15.2 Å². The summed E-state index contributed by atoms with van der Waals surface area (Å²) < 4.78 is 5.20. The molecular weight excluding hydrogens is 249 g/mol. The SMILES string of the molecule is COc1ccc(Cl)cc1-c1cnnc(Cl)n1. The van der Waals surface area contributed by atoms with Crippen molar-refractivity contribution in [3.63, 3.8) is 0 Å². The number of benzene rings is 1. The molecule has 0 aliphatic heterocycles. The molecule has 0 saturated carbocycles. The van der Waals surface area contributed by atoms with Gasteiger partial charge in [-0.3, -0.25) is 0 Å². The minimum Gasteiger partial charge on any atom is -0.496 e. The van der Waals surface area contributed by atoms with Crippen molar-refractivity contribution in [2.45, 2.75) is 0 Å². The van der Waals surface area contributed by atoms with Crippen molar-refractivity contribution in [2.75, 3.05) is 7.11 Å². The lowest BCUT2D eigenvalue weighted by molar-refractivity contribution is 0.416. The zero-order valence-corrected chi connectivity index (χ0v) is 9.83. The Kier molecular flexibility index (Phi) is 3.22. The average Bonchev–Trinajstić information content (AvgIpc) is 2.29. The molecule has 0 aliphatic rings. The monoisotopic (exact) mass is 255 g/mol. The van der Waals surface area contributed by atoms with Crippen LogP contribution in [-0.4, -0.2) is 22.3 Å². The molecule has 0 spiro atoms. The molecule has 0 N–H and O–H groups in total. The molecule has 0 bridgehead atoms. The molecule has 0 radical (unpaired) electrons. The fourth-order valence-corrected chi connectivity index (χ4v) is 1.60. The number of aromatic nitrogens is 3. The number of methoxy groups -OCH3 is 1. The highest BCUT2D eigenvalue weighted by atomic mass is 35.5. The van der Waals surface area contributed by atoms with Crippen LogP contribution >= 0.6 is 23.2 Å². The van der Waals surface area contributed by atoms with Crippen LogP contribution in [0.25, 0.3) is 11.3 Å². The molecule has 0 unspecified atom stereocenters. The van der Waals surface area contributed by atoms with Crippen molar-refractivity contribution < 1.29 is 4.74 Å². The van der Waals surface area contributed by atoms with Crippen molar-refractivity contribution in [1.29, 1.82) is 0 Å². The molecule has 0 amide bonds. The summed E-state index contributed by atoms with van der Waals surface area (Å²) in [6.07, 6.45) is 1.50. The third kappa shape index (κ3) is 2.23. The first-order valence-corrected chi connectivity index (χ1v) is 5.15. The van der Waals surface area contributed by atoms with Crippen LogP contribution in [0.2, 0.25) is 10.3 Å². The summed E-state index contributed by atoms with van der Waals surface area (Å²) >= 11 is 11.6. The zero-order chi connectivity index (χ0) is 11.5. The number of hydrogen-bond acceptors (Lipinski definition) is 4. The number of hydrogen-bond donors (Lipinski definition) is 0. The van der Waals surface area contributed by atoms with E-state index in [-0.39, 0.29) is 5.28 Å². The van der Waals surface area contributed by atoms with Crippen molar-refractivity contribution in [3.05, 3.63) is 34.7 Å². The predicted octanol–water partition coefficient (Wildman–Crippen LogP) is 2.85. The van der Waals surface area contributed by atoms with Crippen molar-refractivity contribution >= 4 is 23.2 Å². The van der Waals surface area contributed by atoms with Gasteiger partial charge in [0.15, 0.2) is 0 Å². The van der Waals surface area contributed by atoms with Crippen molar-refractivity contribution in [2.24, 2.45) is 0 Å². The van der Waals surface area contributed by atoms with Gasteiger partial charge in [0.05, 0.1) is 19.0 Å². The minimum absolute atomic E-state index is 0.0829. The van der Waals surface area contributed by atoms with Gasteiger partial charge < -0.3 is 4.74 Å².